The van der Waals surface area contributed by atoms with E-state index in [2.05, 4.69) is 9.97 Å². The van der Waals surface area contributed by atoms with Gasteiger partial charge in [0.1, 0.15) is 17.3 Å². The molecule has 0 unspecified atom stereocenters. The molecule has 0 aliphatic heterocycles. The van der Waals surface area contributed by atoms with Crippen molar-refractivity contribution in [2.45, 2.75) is 13.8 Å². The number of carbonyl (C=O) groups excluding carboxylic acids is 1. The van der Waals surface area contributed by atoms with E-state index < -0.39 is 23.2 Å². The van der Waals surface area contributed by atoms with Crippen molar-refractivity contribution in [1.82, 2.24) is 9.97 Å². The highest BCUT2D eigenvalue weighted by Crippen LogP contribution is 2.39. The third-order valence-electron chi connectivity index (χ3n) is 4.81. The molecule has 0 amide bonds. The number of fused-ring (bicyclic) bond motifs is 1. The zero-order valence-corrected chi connectivity index (χ0v) is 17.8. The van der Waals surface area contributed by atoms with Crippen LogP contribution in [-0.4, -0.2) is 22.5 Å². The van der Waals surface area contributed by atoms with Crippen molar-refractivity contribution in [3.05, 3.63) is 80.9 Å². The van der Waals surface area contributed by atoms with Gasteiger partial charge in [-0.05, 0) is 50.2 Å². The minimum atomic E-state index is -0.875. The first-order valence-corrected chi connectivity index (χ1v) is 10.0. The van der Waals surface area contributed by atoms with Gasteiger partial charge in [-0.2, -0.15) is 0 Å². The third-order valence-corrected chi connectivity index (χ3v) is 5.05. The van der Waals surface area contributed by atoms with Crippen LogP contribution in [0.3, 0.4) is 0 Å². The zero-order chi connectivity index (χ0) is 23.0. The molecule has 4 rings (SSSR count). The van der Waals surface area contributed by atoms with E-state index in [9.17, 15) is 18.4 Å². The van der Waals surface area contributed by atoms with Crippen LogP contribution in [-0.2, 0) is 4.74 Å². The van der Waals surface area contributed by atoms with Crippen molar-refractivity contribution >= 4 is 28.3 Å². The summed E-state index contributed by atoms with van der Waals surface area (Å²) >= 11 is 6.20. The zero-order valence-electron chi connectivity index (χ0n) is 17.0. The number of benzene rings is 2. The maximum Gasteiger partial charge on any atom is 0.354 e. The molecule has 0 bridgehead atoms. The molecule has 6 nitrogen and oxygen atoms in total. The first-order valence-electron chi connectivity index (χ1n) is 9.64. The summed E-state index contributed by atoms with van der Waals surface area (Å²) in [5.41, 5.74) is 0.915. The molecule has 32 heavy (non-hydrogen) atoms. The molecular weight excluding hydrogens is 442 g/mol. The van der Waals surface area contributed by atoms with Crippen LogP contribution in [0.5, 0.6) is 11.5 Å². The first kappa shape index (κ1) is 21.6. The van der Waals surface area contributed by atoms with Gasteiger partial charge < -0.3 is 19.4 Å². The quantitative estimate of drug-likeness (QED) is 0.374. The van der Waals surface area contributed by atoms with Gasteiger partial charge in [0.2, 0.25) is 0 Å². The van der Waals surface area contributed by atoms with Crippen LogP contribution in [0.25, 0.3) is 22.0 Å². The Morgan fingerprint density at radius 3 is 2.53 bits per heavy atom. The number of esters is 1. The van der Waals surface area contributed by atoms with Gasteiger partial charge >= 0.3 is 5.97 Å². The molecule has 4 aromatic rings. The second-order valence-electron chi connectivity index (χ2n) is 6.96. The van der Waals surface area contributed by atoms with E-state index in [-0.39, 0.29) is 23.8 Å². The molecule has 2 aromatic carbocycles. The van der Waals surface area contributed by atoms with Crippen LogP contribution < -0.4 is 10.3 Å². The van der Waals surface area contributed by atoms with Gasteiger partial charge in [0.05, 0.1) is 17.7 Å². The van der Waals surface area contributed by atoms with Gasteiger partial charge in [0, 0.05) is 27.7 Å². The number of aromatic amines is 2. The molecule has 0 saturated heterocycles. The third kappa shape index (κ3) is 3.97. The Morgan fingerprint density at radius 2 is 1.81 bits per heavy atom. The Bertz CT molecular complexity index is 1410. The number of aryl methyl sites for hydroxylation is 1. The number of halogens is 3. The molecule has 2 heterocycles. The maximum absolute atomic E-state index is 14.2. The van der Waals surface area contributed by atoms with Crippen molar-refractivity contribution < 1.29 is 23.0 Å². The number of aromatic nitrogens is 2. The predicted octanol–water partition coefficient (Wildman–Crippen LogP) is 5.73. The Balaban J connectivity index is 1.91. The molecule has 2 N–H and O–H groups in total. The SMILES string of the molecule is CCOC(=O)c1cc2c(-c3cc(Cl)ccc3Oc3ccc(F)cc3F)[nH]c(C)c2c(=O)[nH]1. The molecule has 0 aliphatic rings. The lowest BCUT2D eigenvalue weighted by atomic mass is 10.1. The van der Waals surface area contributed by atoms with Crippen molar-refractivity contribution in [2.24, 2.45) is 0 Å². The van der Waals surface area contributed by atoms with E-state index >= 15 is 0 Å². The van der Waals surface area contributed by atoms with Crippen LogP contribution >= 0.6 is 11.6 Å². The molecule has 0 saturated carbocycles. The molecule has 0 spiro atoms. The highest BCUT2D eigenvalue weighted by atomic mass is 35.5. The second-order valence-corrected chi connectivity index (χ2v) is 7.40. The summed E-state index contributed by atoms with van der Waals surface area (Å²) in [6.45, 7) is 3.51. The molecule has 9 heteroatoms. The second kappa shape index (κ2) is 8.47. The molecule has 0 fully saturated rings. The van der Waals surface area contributed by atoms with Crippen LogP contribution in [0, 0.1) is 18.6 Å². The monoisotopic (exact) mass is 458 g/mol. The normalized spacial score (nSPS) is 11.0. The van der Waals surface area contributed by atoms with E-state index in [0.29, 0.717) is 38.8 Å². The lowest BCUT2D eigenvalue weighted by Gasteiger charge is -2.12. The average Bonchev–Trinajstić information content (AvgIpc) is 3.08. The minimum Gasteiger partial charge on any atom is -0.461 e. The summed E-state index contributed by atoms with van der Waals surface area (Å²) < 4.78 is 38.1. The van der Waals surface area contributed by atoms with Gasteiger partial charge in [0.15, 0.2) is 11.6 Å². The summed E-state index contributed by atoms with van der Waals surface area (Å²) in [5, 5.41) is 1.13. The fourth-order valence-corrected chi connectivity index (χ4v) is 3.61. The van der Waals surface area contributed by atoms with Crippen LogP contribution in [0.1, 0.15) is 23.1 Å². The summed E-state index contributed by atoms with van der Waals surface area (Å²) in [6, 6.07) is 9.12. The lowest BCUT2D eigenvalue weighted by molar-refractivity contribution is 0.0519. The average molecular weight is 459 g/mol. The van der Waals surface area contributed by atoms with Gasteiger partial charge in [-0.1, -0.05) is 11.6 Å². The van der Waals surface area contributed by atoms with Gasteiger partial charge in [0.25, 0.3) is 5.56 Å². The summed E-state index contributed by atoms with van der Waals surface area (Å²) in [6.07, 6.45) is 0. The minimum absolute atomic E-state index is 0.0151. The number of H-pyrrole nitrogens is 2. The lowest BCUT2D eigenvalue weighted by Crippen LogP contribution is -2.15. The van der Waals surface area contributed by atoms with E-state index in [0.717, 1.165) is 6.07 Å². The van der Waals surface area contributed by atoms with E-state index in [1.54, 1.807) is 26.0 Å². The Labute approximate surface area is 185 Å². The molecule has 0 aliphatic carbocycles. The number of pyridine rings is 1. The molecule has 2 aromatic heterocycles. The number of rotatable bonds is 5. The van der Waals surface area contributed by atoms with Crippen molar-refractivity contribution in [3.63, 3.8) is 0 Å². The van der Waals surface area contributed by atoms with Gasteiger partial charge in [-0.25, -0.2) is 13.6 Å². The van der Waals surface area contributed by atoms with E-state index in [1.165, 1.54) is 18.2 Å². The number of carbonyl (C=O) groups is 1. The smallest absolute Gasteiger partial charge is 0.354 e. The summed E-state index contributed by atoms with van der Waals surface area (Å²) in [7, 11) is 0. The van der Waals surface area contributed by atoms with Crippen LogP contribution in [0.15, 0.2) is 47.3 Å². The number of nitrogens with one attached hydrogen (secondary N) is 2. The maximum atomic E-state index is 14.2. The van der Waals surface area contributed by atoms with E-state index in [4.69, 9.17) is 21.1 Å². The molecule has 0 atom stereocenters. The van der Waals surface area contributed by atoms with Gasteiger partial charge in [-0.3, -0.25) is 4.79 Å². The van der Waals surface area contributed by atoms with Crippen LogP contribution in [0.2, 0.25) is 5.02 Å². The highest BCUT2D eigenvalue weighted by Gasteiger charge is 2.20. The Kier molecular flexibility index (Phi) is 5.71. The largest absolute Gasteiger partial charge is 0.461 e. The first-order chi connectivity index (χ1) is 15.3. The predicted molar refractivity (Wildman–Crippen MR) is 116 cm³/mol. The standard InChI is InChI=1S/C23H17ClF2N2O4/c1-3-31-23(30)17-10-15-20(22(29)28-17)11(2)27-21(15)14-8-12(24)4-6-18(14)32-19-7-5-13(25)9-16(19)26/h4-10,27H,3H2,1-2H3,(H,28,29). The van der Waals surface area contributed by atoms with Crippen molar-refractivity contribution in [1.29, 1.82) is 0 Å². The number of ether oxygens (including phenoxy) is 2. The molecule has 164 valence electrons. The Hall–Kier alpha value is -3.65. The number of hydrogen-bond acceptors (Lipinski definition) is 4. The summed E-state index contributed by atoms with van der Waals surface area (Å²) in [5.74, 6) is -2.26. The van der Waals surface area contributed by atoms with E-state index in [1.807, 2.05) is 0 Å². The fraction of sp³-hybridized carbons (Fsp3) is 0.130. The summed E-state index contributed by atoms with van der Waals surface area (Å²) in [4.78, 5) is 30.5. The Morgan fingerprint density at radius 1 is 1.06 bits per heavy atom. The highest BCUT2D eigenvalue weighted by molar-refractivity contribution is 6.31. The fourth-order valence-electron chi connectivity index (χ4n) is 3.44. The molecule has 0 radical (unpaired) electrons. The topological polar surface area (TPSA) is 84.2 Å². The van der Waals surface area contributed by atoms with Crippen molar-refractivity contribution in [3.8, 4) is 22.8 Å². The van der Waals surface area contributed by atoms with Gasteiger partial charge in [-0.15, -0.1) is 0 Å². The molecular formula is C23H17ClF2N2O4. The number of hydrogen-bond donors (Lipinski definition) is 2. The van der Waals surface area contributed by atoms with Crippen LogP contribution in [0.4, 0.5) is 8.78 Å². The van der Waals surface area contributed by atoms with Crippen molar-refractivity contribution in [2.75, 3.05) is 6.61 Å².